The van der Waals surface area contributed by atoms with Crippen LogP contribution in [0, 0.1) is 11.3 Å². The molecule has 2 heterocycles. The second-order valence-electron chi connectivity index (χ2n) is 9.86. The molecule has 1 aromatic heterocycles. The van der Waals surface area contributed by atoms with E-state index in [2.05, 4.69) is 39.5 Å². The summed E-state index contributed by atoms with van der Waals surface area (Å²) in [4.78, 5) is 18.6. The first-order valence-corrected chi connectivity index (χ1v) is 12.4. The van der Waals surface area contributed by atoms with Crippen LogP contribution in [-0.4, -0.2) is 34.4 Å². The highest BCUT2D eigenvalue weighted by Gasteiger charge is 2.33. The van der Waals surface area contributed by atoms with Crippen molar-refractivity contribution in [3.05, 3.63) is 77.0 Å². The molecule has 2 aliphatic rings. The van der Waals surface area contributed by atoms with Gasteiger partial charge in [0, 0.05) is 43.0 Å². The van der Waals surface area contributed by atoms with Crippen molar-refractivity contribution in [2.45, 2.75) is 57.0 Å². The lowest BCUT2D eigenvalue weighted by Gasteiger charge is -2.40. The summed E-state index contributed by atoms with van der Waals surface area (Å²) < 4.78 is 0. The van der Waals surface area contributed by atoms with Gasteiger partial charge in [0.05, 0.1) is 11.6 Å². The van der Waals surface area contributed by atoms with E-state index in [1.54, 1.807) is 6.08 Å². The normalized spacial score (nSPS) is 18.0. The Morgan fingerprint density at radius 1 is 1.12 bits per heavy atom. The summed E-state index contributed by atoms with van der Waals surface area (Å²) in [5.41, 5.74) is 5.34. The number of nitrogens with one attached hydrogen (secondary N) is 2. The van der Waals surface area contributed by atoms with Gasteiger partial charge in [0.2, 0.25) is 5.91 Å². The van der Waals surface area contributed by atoms with E-state index in [0.29, 0.717) is 0 Å². The van der Waals surface area contributed by atoms with Gasteiger partial charge in [0.1, 0.15) is 0 Å². The molecule has 0 saturated heterocycles. The fraction of sp³-hybridized carbons (Fsp3) is 0.379. The molecule has 174 valence electrons. The molecule has 3 aromatic rings. The molecule has 34 heavy (non-hydrogen) atoms. The molecule has 0 spiro atoms. The van der Waals surface area contributed by atoms with Crippen LogP contribution >= 0.6 is 0 Å². The standard InChI is InChI=1S/C29H32N4O/c30-20-23-5-7-24-11-16-33(21-26(24)18-23)17-14-29(12-2-1-3-13-29)32-28(34)9-6-22-4-8-25-10-15-31-27(25)19-22/h4-10,15,18-19,31H,1-3,11-14,16-17,21H2,(H,32,34)/b9-6+. The van der Waals surface area contributed by atoms with Gasteiger partial charge >= 0.3 is 0 Å². The Labute approximate surface area is 201 Å². The molecule has 1 aliphatic carbocycles. The van der Waals surface area contributed by atoms with Crippen molar-refractivity contribution in [1.29, 1.82) is 5.26 Å². The molecule has 0 radical (unpaired) electrons. The summed E-state index contributed by atoms with van der Waals surface area (Å²) in [7, 11) is 0. The Morgan fingerprint density at radius 2 is 2.00 bits per heavy atom. The Kier molecular flexibility index (Phi) is 6.51. The summed E-state index contributed by atoms with van der Waals surface area (Å²) in [5.74, 6) is -0.00358. The lowest BCUT2D eigenvalue weighted by Crippen LogP contribution is -2.51. The zero-order chi connectivity index (χ0) is 23.4. The van der Waals surface area contributed by atoms with Crippen LogP contribution in [0.1, 0.15) is 60.8 Å². The molecule has 1 saturated carbocycles. The van der Waals surface area contributed by atoms with Gasteiger partial charge in [0.25, 0.3) is 0 Å². The number of H-pyrrole nitrogens is 1. The highest BCUT2D eigenvalue weighted by molar-refractivity contribution is 5.93. The van der Waals surface area contributed by atoms with E-state index >= 15 is 0 Å². The smallest absolute Gasteiger partial charge is 0.244 e. The highest BCUT2D eigenvalue weighted by Crippen LogP contribution is 2.32. The summed E-state index contributed by atoms with van der Waals surface area (Å²) in [5, 5.41) is 13.8. The number of amides is 1. The van der Waals surface area contributed by atoms with E-state index < -0.39 is 0 Å². The van der Waals surface area contributed by atoms with Gasteiger partial charge in [-0.25, -0.2) is 0 Å². The number of benzene rings is 2. The van der Waals surface area contributed by atoms with E-state index in [1.165, 1.54) is 35.8 Å². The minimum Gasteiger partial charge on any atom is -0.361 e. The molecule has 1 fully saturated rings. The second-order valence-corrected chi connectivity index (χ2v) is 9.86. The minimum atomic E-state index is -0.127. The fourth-order valence-electron chi connectivity index (χ4n) is 5.56. The molecule has 0 atom stereocenters. The minimum absolute atomic E-state index is 0.00358. The summed E-state index contributed by atoms with van der Waals surface area (Å²) in [6.45, 7) is 2.88. The van der Waals surface area contributed by atoms with Gasteiger partial charge in [-0.2, -0.15) is 5.26 Å². The number of aromatic amines is 1. The van der Waals surface area contributed by atoms with Crippen LogP contribution in [0.5, 0.6) is 0 Å². The topological polar surface area (TPSA) is 71.9 Å². The zero-order valence-electron chi connectivity index (χ0n) is 19.6. The number of carbonyl (C=O) groups excluding carboxylic acids is 1. The molecule has 1 amide bonds. The average molecular weight is 453 g/mol. The van der Waals surface area contributed by atoms with Crippen LogP contribution in [0.2, 0.25) is 0 Å². The van der Waals surface area contributed by atoms with Gasteiger partial charge in [-0.05, 0) is 78.1 Å². The molecule has 2 N–H and O–H groups in total. The van der Waals surface area contributed by atoms with Gasteiger partial charge in [-0.3, -0.25) is 9.69 Å². The second kappa shape index (κ2) is 9.87. The quantitative estimate of drug-likeness (QED) is 0.497. The maximum absolute atomic E-state index is 12.9. The number of hydrogen-bond acceptors (Lipinski definition) is 3. The molecular formula is C29H32N4O. The predicted molar refractivity (Wildman–Crippen MR) is 136 cm³/mol. The molecule has 0 bridgehead atoms. The first kappa shape index (κ1) is 22.4. The van der Waals surface area contributed by atoms with Crippen LogP contribution in [0.4, 0.5) is 0 Å². The lowest BCUT2D eigenvalue weighted by atomic mass is 9.79. The lowest BCUT2D eigenvalue weighted by molar-refractivity contribution is -0.118. The summed E-state index contributed by atoms with van der Waals surface area (Å²) >= 11 is 0. The van der Waals surface area contributed by atoms with E-state index in [9.17, 15) is 10.1 Å². The number of fused-ring (bicyclic) bond motifs is 2. The van der Waals surface area contributed by atoms with Crippen LogP contribution in [-0.2, 0) is 17.8 Å². The van der Waals surface area contributed by atoms with Crippen molar-refractivity contribution in [3.63, 3.8) is 0 Å². The maximum Gasteiger partial charge on any atom is 0.244 e. The molecule has 5 nitrogen and oxygen atoms in total. The van der Waals surface area contributed by atoms with Crippen molar-refractivity contribution in [3.8, 4) is 6.07 Å². The highest BCUT2D eigenvalue weighted by atomic mass is 16.1. The third kappa shape index (κ3) is 5.08. The third-order valence-electron chi connectivity index (χ3n) is 7.54. The Hall–Kier alpha value is -3.36. The number of carbonyl (C=O) groups is 1. The van der Waals surface area contributed by atoms with Gasteiger partial charge in [-0.1, -0.05) is 37.5 Å². The maximum atomic E-state index is 12.9. The fourth-order valence-corrected chi connectivity index (χ4v) is 5.56. The molecule has 1 aliphatic heterocycles. The molecular weight excluding hydrogens is 420 g/mol. The van der Waals surface area contributed by atoms with Crippen molar-refractivity contribution in [2.24, 2.45) is 0 Å². The molecule has 5 heteroatoms. The van der Waals surface area contributed by atoms with Crippen molar-refractivity contribution in [2.75, 3.05) is 13.1 Å². The number of nitriles is 1. The van der Waals surface area contributed by atoms with E-state index in [4.69, 9.17) is 0 Å². The van der Waals surface area contributed by atoms with Crippen molar-refractivity contribution < 1.29 is 4.79 Å². The average Bonchev–Trinajstić information content (AvgIpc) is 3.34. The predicted octanol–water partition coefficient (Wildman–Crippen LogP) is 5.32. The van der Waals surface area contributed by atoms with Gasteiger partial charge in [0.15, 0.2) is 0 Å². The van der Waals surface area contributed by atoms with E-state index in [0.717, 1.165) is 62.0 Å². The SMILES string of the molecule is N#Cc1ccc2c(c1)CN(CCC1(NC(=O)/C=C/c3ccc4cc[nH]c4c3)CCCCC1)CC2. The number of hydrogen-bond donors (Lipinski definition) is 2. The summed E-state index contributed by atoms with van der Waals surface area (Å²) in [6, 6.07) is 16.6. The Balaban J connectivity index is 1.22. The van der Waals surface area contributed by atoms with E-state index in [1.807, 2.05) is 36.5 Å². The summed E-state index contributed by atoms with van der Waals surface area (Å²) in [6.07, 6.45) is 13.2. The molecule has 0 unspecified atom stereocenters. The number of rotatable bonds is 6. The first-order valence-electron chi connectivity index (χ1n) is 12.4. The van der Waals surface area contributed by atoms with Crippen LogP contribution < -0.4 is 5.32 Å². The van der Waals surface area contributed by atoms with Gasteiger partial charge in [-0.15, -0.1) is 0 Å². The van der Waals surface area contributed by atoms with Crippen molar-refractivity contribution >= 4 is 22.9 Å². The third-order valence-corrected chi connectivity index (χ3v) is 7.54. The zero-order valence-corrected chi connectivity index (χ0v) is 19.6. The molecule has 5 rings (SSSR count). The largest absolute Gasteiger partial charge is 0.361 e. The first-order chi connectivity index (χ1) is 16.6. The van der Waals surface area contributed by atoms with E-state index in [-0.39, 0.29) is 11.4 Å². The number of aromatic nitrogens is 1. The molecule has 2 aromatic carbocycles. The number of nitrogens with zero attached hydrogens (tertiary/aromatic N) is 2. The monoisotopic (exact) mass is 452 g/mol. The Bertz CT molecular complexity index is 1240. The Morgan fingerprint density at radius 3 is 2.85 bits per heavy atom. The van der Waals surface area contributed by atoms with Crippen LogP contribution in [0.3, 0.4) is 0 Å². The van der Waals surface area contributed by atoms with Crippen LogP contribution in [0.25, 0.3) is 17.0 Å². The van der Waals surface area contributed by atoms with Crippen molar-refractivity contribution in [1.82, 2.24) is 15.2 Å². The van der Waals surface area contributed by atoms with Crippen LogP contribution in [0.15, 0.2) is 54.7 Å². The van der Waals surface area contributed by atoms with Gasteiger partial charge < -0.3 is 10.3 Å².